The maximum atomic E-state index is 11.0. The molecule has 4 heteroatoms. The van der Waals surface area contributed by atoms with Crippen LogP contribution in [-0.4, -0.2) is 11.0 Å². The number of phenolic OH excluding ortho intramolecular Hbond substituents is 1. The number of benzene rings is 1. The summed E-state index contributed by atoms with van der Waals surface area (Å²) in [7, 11) is 0. The standard InChI is InChI=1S/C8H10N2O2/c1-5-2-3-6(11)4-7(5)8(12)10-9/h2-4,11H,9H2,1H3,(H,10,12). The number of hydrazine groups is 1. The molecule has 0 saturated carbocycles. The van der Waals surface area contributed by atoms with Crippen LogP contribution in [0.5, 0.6) is 5.75 Å². The summed E-state index contributed by atoms with van der Waals surface area (Å²) in [6.45, 7) is 1.77. The Hall–Kier alpha value is -1.55. The van der Waals surface area contributed by atoms with Crippen molar-refractivity contribution in [2.75, 3.05) is 0 Å². The van der Waals surface area contributed by atoms with E-state index < -0.39 is 5.91 Å². The lowest BCUT2D eigenvalue weighted by atomic mass is 10.1. The number of rotatable bonds is 1. The average molecular weight is 166 g/mol. The number of carbonyl (C=O) groups excluding carboxylic acids is 1. The molecule has 0 aliphatic heterocycles. The Balaban J connectivity index is 3.13. The molecule has 1 amide bonds. The zero-order valence-corrected chi connectivity index (χ0v) is 6.66. The Bertz CT molecular complexity index is 310. The van der Waals surface area contributed by atoms with Crippen LogP contribution in [-0.2, 0) is 0 Å². The Morgan fingerprint density at radius 2 is 2.25 bits per heavy atom. The molecule has 0 heterocycles. The first-order chi connectivity index (χ1) is 5.65. The van der Waals surface area contributed by atoms with E-state index in [1.807, 2.05) is 5.43 Å². The maximum absolute atomic E-state index is 11.0. The summed E-state index contributed by atoms with van der Waals surface area (Å²) >= 11 is 0. The second kappa shape index (κ2) is 3.23. The van der Waals surface area contributed by atoms with E-state index in [4.69, 9.17) is 10.9 Å². The van der Waals surface area contributed by atoms with E-state index in [2.05, 4.69) is 0 Å². The van der Waals surface area contributed by atoms with Crippen molar-refractivity contribution in [1.82, 2.24) is 5.43 Å². The van der Waals surface area contributed by atoms with Crippen molar-refractivity contribution in [3.63, 3.8) is 0 Å². The monoisotopic (exact) mass is 166 g/mol. The Labute approximate surface area is 70.0 Å². The van der Waals surface area contributed by atoms with E-state index in [-0.39, 0.29) is 5.75 Å². The number of aryl methyl sites for hydroxylation is 1. The van der Waals surface area contributed by atoms with E-state index in [1.54, 1.807) is 13.0 Å². The van der Waals surface area contributed by atoms with Crippen LogP contribution in [0.4, 0.5) is 0 Å². The van der Waals surface area contributed by atoms with E-state index in [0.29, 0.717) is 5.56 Å². The molecule has 1 rings (SSSR count). The normalized spacial score (nSPS) is 9.50. The zero-order chi connectivity index (χ0) is 9.14. The molecule has 0 aromatic heterocycles. The SMILES string of the molecule is Cc1ccc(O)cc1C(=O)NN. The molecular weight excluding hydrogens is 156 g/mol. The summed E-state index contributed by atoms with van der Waals surface area (Å²) in [5, 5.41) is 9.06. The summed E-state index contributed by atoms with van der Waals surface area (Å²) in [6, 6.07) is 4.54. The van der Waals surface area contributed by atoms with E-state index >= 15 is 0 Å². The van der Waals surface area contributed by atoms with Gasteiger partial charge in [-0.05, 0) is 24.6 Å². The van der Waals surface area contributed by atoms with Gasteiger partial charge in [0.15, 0.2) is 0 Å². The van der Waals surface area contributed by atoms with Crippen LogP contribution in [0.1, 0.15) is 15.9 Å². The van der Waals surface area contributed by atoms with Gasteiger partial charge in [0, 0.05) is 5.56 Å². The number of nitrogens with two attached hydrogens (primary N) is 1. The molecule has 1 aromatic rings. The fourth-order valence-corrected chi connectivity index (χ4v) is 0.932. The maximum Gasteiger partial charge on any atom is 0.265 e. The molecule has 64 valence electrons. The third-order valence-corrected chi connectivity index (χ3v) is 1.60. The van der Waals surface area contributed by atoms with Crippen molar-refractivity contribution < 1.29 is 9.90 Å². The van der Waals surface area contributed by atoms with Crippen LogP contribution in [0.2, 0.25) is 0 Å². The first-order valence-corrected chi connectivity index (χ1v) is 3.45. The van der Waals surface area contributed by atoms with Crippen LogP contribution in [0.25, 0.3) is 0 Å². The lowest BCUT2D eigenvalue weighted by molar-refractivity contribution is 0.0952. The molecule has 0 bridgehead atoms. The fraction of sp³-hybridized carbons (Fsp3) is 0.125. The second-order valence-corrected chi connectivity index (χ2v) is 2.47. The zero-order valence-electron chi connectivity index (χ0n) is 6.66. The molecule has 0 saturated heterocycles. The van der Waals surface area contributed by atoms with E-state index in [9.17, 15) is 4.79 Å². The van der Waals surface area contributed by atoms with Gasteiger partial charge in [0.2, 0.25) is 0 Å². The van der Waals surface area contributed by atoms with Gasteiger partial charge >= 0.3 is 0 Å². The third kappa shape index (κ3) is 1.54. The highest BCUT2D eigenvalue weighted by atomic mass is 16.3. The number of hydrogen-bond acceptors (Lipinski definition) is 3. The lowest BCUT2D eigenvalue weighted by Gasteiger charge is -2.03. The summed E-state index contributed by atoms with van der Waals surface area (Å²) in [5.41, 5.74) is 3.16. The van der Waals surface area contributed by atoms with Gasteiger partial charge in [-0.15, -0.1) is 0 Å². The van der Waals surface area contributed by atoms with Crippen LogP contribution < -0.4 is 11.3 Å². The minimum absolute atomic E-state index is 0.0548. The number of carbonyl (C=O) groups is 1. The summed E-state index contributed by atoms with van der Waals surface area (Å²) in [5.74, 6) is 4.60. The van der Waals surface area contributed by atoms with Gasteiger partial charge in [0.25, 0.3) is 5.91 Å². The first kappa shape index (κ1) is 8.55. The topological polar surface area (TPSA) is 75.3 Å². The fourth-order valence-electron chi connectivity index (χ4n) is 0.932. The van der Waals surface area contributed by atoms with Gasteiger partial charge in [-0.25, -0.2) is 5.84 Å². The van der Waals surface area contributed by atoms with Gasteiger partial charge in [-0.3, -0.25) is 10.2 Å². The number of phenols is 1. The van der Waals surface area contributed by atoms with Gasteiger partial charge in [0.05, 0.1) is 0 Å². The largest absolute Gasteiger partial charge is 0.508 e. The number of aromatic hydroxyl groups is 1. The second-order valence-electron chi connectivity index (χ2n) is 2.47. The Kier molecular flexibility index (Phi) is 2.30. The van der Waals surface area contributed by atoms with Gasteiger partial charge in [0.1, 0.15) is 5.75 Å². The van der Waals surface area contributed by atoms with Crippen molar-refractivity contribution >= 4 is 5.91 Å². The third-order valence-electron chi connectivity index (χ3n) is 1.60. The molecule has 0 aliphatic rings. The predicted octanol–water partition coefficient (Wildman–Crippen LogP) is 0.304. The molecule has 0 unspecified atom stereocenters. The van der Waals surface area contributed by atoms with Crippen LogP contribution in [0, 0.1) is 6.92 Å². The summed E-state index contributed by atoms with van der Waals surface area (Å²) in [6.07, 6.45) is 0. The highest BCUT2D eigenvalue weighted by Gasteiger charge is 2.07. The molecule has 0 radical (unpaired) electrons. The van der Waals surface area contributed by atoms with Gasteiger partial charge < -0.3 is 5.11 Å². The van der Waals surface area contributed by atoms with Crippen molar-refractivity contribution in [3.05, 3.63) is 29.3 Å². The predicted molar refractivity (Wildman–Crippen MR) is 44.5 cm³/mol. The van der Waals surface area contributed by atoms with Gasteiger partial charge in [-0.1, -0.05) is 6.07 Å². The van der Waals surface area contributed by atoms with Crippen LogP contribution >= 0.6 is 0 Å². The van der Waals surface area contributed by atoms with Crippen molar-refractivity contribution in [2.45, 2.75) is 6.92 Å². The highest BCUT2D eigenvalue weighted by molar-refractivity contribution is 5.95. The molecule has 0 aliphatic carbocycles. The molecular formula is C8H10N2O2. The molecule has 4 N–H and O–H groups in total. The molecule has 1 aromatic carbocycles. The Morgan fingerprint density at radius 1 is 1.58 bits per heavy atom. The summed E-state index contributed by atoms with van der Waals surface area (Å²) < 4.78 is 0. The molecule has 4 nitrogen and oxygen atoms in total. The van der Waals surface area contributed by atoms with Crippen LogP contribution in [0.15, 0.2) is 18.2 Å². The van der Waals surface area contributed by atoms with E-state index in [0.717, 1.165) is 5.56 Å². The molecule has 0 fully saturated rings. The van der Waals surface area contributed by atoms with Gasteiger partial charge in [-0.2, -0.15) is 0 Å². The summed E-state index contributed by atoms with van der Waals surface area (Å²) in [4.78, 5) is 11.0. The van der Waals surface area contributed by atoms with Crippen LogP contribution in [0.3, 0.4) is 0 Å². The average Bonchev–Trinajstić information content (AvgIpc) is 2.08. The Morgan fingerprint density at radius 3 is 2.83 bits per heavy atom. The lowest BCUT2D eigenvalue weighted by Crippen LogP contribution is -2.30. The number of hydrogen-bond donors (Lipinski definition) is 3. The molecule has 12 heavy (non-hydrogen) atoms. The molecule has 0 atom stereocenters. The van der Waals surface area contributed by atoms with Crippen molar-refractivity contribution in [1.29, 1.82) is 0 Å². The van der Waals surface area contributed by atoms with E-state index in [1.165, 1.54) is 12.1 Å². The minimum atomic E-state index is -0.400. The number of amides is 1. The highest BCUT2D eigenvalue weighted by Crippen LogP contribution is 2.15. The number of nitrogen functional groups attached to an aromatic ring is 1. The van der Waals surface area contributed by atoms with Crippen molar-refractivity contribution in [2.24, 2.45) is 5.84 Å². The molecule has 0 spiro atoms. The number of nitrogens with one attached hydrogen (secondary N) is 1. The van der Waals surface area contributed by atoms with Crippen molar-refractivity contribution in [3.8, 4) is 5.75 Å². The quantitative estimate of drug-likeness (QED) is 0.319. The minimum Gasteiger partial charge on any atom is -0.508 e. The first-order valence-electron chi connectivity index (χ1n) is 3.45. The smallest absolute Gasteiger partial charge is 0.265 e.